The molecule has 5 nitrogen and oxygen atoms in total. The minimum absolute atomic E-state index is 0.0636. The highest BCUT2D eigenvalue weighted by molar-refractivity contribution is 7.89. The standard InChI is InChI=1S/C10H12ClFN2O3S/c11-7-1-2-8(13)9(15)10(7)18(16,17)14-4-3-6(12)5-14/h1-2,6,15H,3-5,13H2. The van der Waals surface area contributed by atoms with Crippen molar-refractivity contribution in [2.24, 2.45) is 0 Å². The van der Waals surface area contributed by atoms with Crippen LogP contribution in [0.15, 0.2) is 17.0 Å². The fraction of sp³-hybridized carbons (Fsp3) is 0.400. The van der Waals surface area contributed by atoms with Gasteiger partial charge in [-0.3, -0.25) is 0 Å². The summed E-state index contributed by atoms with van der Waals surface area (Å²) in [6.07, 6.45) is -1.05. The Bertz CT molecular complexity index is 579. The van der Waals surface area contributed by atoms with Gasteiger partial charge in [-0.25, -0.2) is 12.8 Å². The van der Waals surface area contributed by atoms with Crippen molar-refractivity contribution >= 4 is 27.3 Å². The maximum absolute atomic E-state index is 13.1. The molecule has 1 fully saturated rings. The Morgan fingerprint density at radius 1 is 1.50 bits per heavy atom. The molecule has 1 atom stereocenters. The van der Waals surface area contributed by atoms with Crippen molar-refractivity contribution in [2.75, 3.05) is 18.8 Å². The molecule has 1 saturated heterocycles. The minimum atomic E-state index is -4.02. The SMILES string of the molecule is Nc1ccc(Cl)c(S(=O)(=O)N2CCC(F)C2)c1O. The number of nitrogens with zero attached hydrogens (tertiary/aromatic N) is 1. The normalized spacial score (nSPS) is 21.3. The number of phenolic OH excluding ortho intramolecular Hbond substituents is 1. The lowest BCUT2D eigenvalue weighted by Crippen LogP contribution is -2.29. The van der Waals surface area contributed by atoms with Crippen LogP contribution >= 0.6 is 11.6 Å². The average molecular weight is 295 g/mol. The molecule has 1 aliphatic rings. The van der Waals surface area contributed by atoms with Crippen molar-refractivity contribution in [3.63, 3.8) is 0 Å². The average Bonchev–Trinajstić information content (AvgIpc) is 2.71. The van der Waals surface area contributed by atoms with Gasteiger partial charge in [-0.1, -0.05) is 11.6 Å². The maximum atomic E-state index is 13.1. The van der Waals surface area contributed by atoms with Crippen molar-refractivity contribution in [3.05, 3.63) is 17.2 Å². The third-order valence-corrected chi connectivity index (χ3v) is 5.17. The first-order valence-corrected chi connectivity index (χ1v) is 7.07. The van der Waals surface area contributed by atoms with Gasteiger partial charge in [0.25, 0.3) is 0 Å². The maximum Gasteiger partial charge on any atom is 0.248 e. The van der Waals surface area contributed by atoms with Gasteiger partial charge in [0.05, 0.1) is 10.7 Å². The largest absolute Gasteiger partial charge is 0.504 e. The van der Waals surface area contributed by atoms with Gasteiger partial charge in [-0.2, -0.15) is 4.31 Å². The van der Waals surface area contributed by atoms with Gasteiger partial charge in [0, 0.05) is 13.1 Å². The molecule has 1 unspecified atom stereocenters. The van der Waals surface area contributed by atoms with Gasteiger partial charge < -0.3 is 10.8 Å². The molecule has 0 aliphatic carbocycles. The summed E-state index contributed by atoms with van der Waals surface area (Å²) in [5.41, 5.74) is 5.36. The van der Waals surface area contributed by atoms with Crippen LogP contribution in [0.1, 0.15) is 6.42 Å². The third-order valence-electron chi connectivity index (χ3n) is 2.81. The van der Waals surface area contributed by atoms with Gasteiger partial charge in [0.1, 0.15) is 11.1 Å². The topological polar surface area (TPSA) is 83.6 Å². The third kappa shape index (κ3) is 2.13. The van der Waals surface area contributed by atoms with E-state index in [1.54, 1.807) is 0 Å². The van der Waals surface area contributed by atoms with Gasteiger partial charge in [0.2, 0.25) is 10.0 Å². The molecule has 3 N–H and O–H groups in total. The Kier molecular flexibility index (Phi) is 3.39. The van der Waals surface area contributed by atoms with Crippen molar-refractivity contribution < 1.29 is 17.9 Å². The van der Waals surface area contributed by atoms with Crippen molar-refractivity contribution in [2.45, 2.75) is 17.5 Å². The first-order chi connectivity index (χ1) is 8.34. The molecular weight excluding hydrogens is 283 g/mol. The first kappa shape index (κ1) is 13.4. The van der Waals surface area contributed by atoms with E-state index in [1.165, 1.54) is 12.1 Å². The molecule has 1 aliphatic heterocycles. The van der Waals surface area contributed by atoms with Crippen LogP contribution in [0.3, 0.4) is 0 Å². The summed E-state index contributed by atoms with van der Waals surface area (Å²) in [7, 11) is -4.02. The first-order valence-electron chi connectivity index (χ1n) is 5.25. The minimum Gasteiger partial charge on any atom is -0.504 e. The zero-order valence-corrected chi connectivity index (χ0v) is 10.9. The molecule has 0 aromatic heterocycles. The van der Waals surface area contributed by atoms with E-state index in [0.29, 0.717) is 0 Å². The second kappa shape index (κ2) is 4.56. The number of alkyl halides is 1. The molecule has 0 spiro atoms. The fourth-order valence-electron chi connectivity index (χ4n) is 1.84. The summed E-state index contributed by atoms with van der Waals surface area (Å²) in [6.45, 7) is -0.166. The molecule has 1 aromatic carbocycles. The summed E-state index contributed by atoms with van der Waals surface area (Å²) in [4.78, 5) is -0.460. The smallest absolute Gasteiger partial charge is 0.248 e. The number of aromatic hydroxyl groups is 1. The number of rotatable bonds is 2. The van der Waals surface area contributed by atoms with E-state index in [0.717, 1.165) is 4.31 Å². The summed E-state index contributed by atoms with van der Waals surface area (Å²) in [6, 6.07) is 2.59. The molecule has 8 heteroatoms. The van der Waals surface area contributed by atoms with E-state index in [4.69, 9.17) is 17.3 Å². The lowest BCUT2D eigenvalue weighted by atomic mass is 10.3. The highest BCUT2D eigenvalue weighted by Gasteiger charge is 2.36. The summed E-state index contributed by atoms with van der Waals surface area (Å²) < 4.78 is 38.5. The lowest BCUT2D eigenvalue weighted by Gasteiger charge is -2.17. The van der Waals surface area contributed by atoms with Crippen LogP contribution < -0.4 is 5.73 Å². The van der Waals surface area contributed by atoms with E-state index in [1.807, 2.05) is 0 Å². The number of anilines is 1. The van der Waals surface area contributed by atoms with Crippen LogP contribution in [0.25, 0.3) is 0 Å². The van der Waals surface area contributed by atoms with E-state index in [9.17, 15) is 17.9 Å². The predicted octanol–water partition coefficient (Wildman–Crippen LogP) is 1.36. The number of sulfonamides is 1. The van der Waals surface area contributed by atoms with Gasteiger partial charge in [0.15, 0.2) is 5.75 Å². The van der Waals surface area contributed by atoms with Gasteiger partial charge in [-0.15, -0.1) is 0 Å². The second-order valence-electron chi connectivity index (χ2n) is 4.06. The molecule has 0 bridgehead atoms. The molecule has 100 valence electrons. The van der Waals surface area contributed by atoms with Crippen LogP contribution in [0.4, 0.5) is 10.1 Å². The second-order valence-corrected chi connectivity index (χ2v) is 6.35. The van der Waals surface area contributed by atoms with Crippen LogP contribution in [0.2, 0.25) is 5.02 Å². The zero-order valence-electron chi connectivity index (χ0n) is 9.31. The summed E-state index contributed by atoms with van der Waals surface area (Å²) in [5, 5.41) is 9.60. The highest BCUT2D eigenvalue weighted by Crippen LogP contribution is 2.37. The molecule has 1 aromatic rings. The summed E-state index contributed by atoms with van der Waals surface area (Å²) >= 11 is 5.79. The number of hydrogen-bond acceptors (Lipinski definition) is 4. The van der Waals surface area contributed by atoms with Crippen molar-refractivity contribution in [1.29, 1.82) is 0 Å². The lowest BCUT2D eigenvalue weighted by molar-refractivity contribution is 0.342. The van der Waals surface area contributed by atoms with Crippen molar-refractivity contribution in [1.82, 2.24) is 4.31 Å². The molecule has 18 heavy (non-hydrogen) atoms. The molecule has 1 heterocycles. The molecular formula is C10H12ClFN2O3S. The van der Waals surface area contributed by atoms with E-state index in [-0.39, 0.29) is 30.2 Å². The molecule has 2 rings (SSSR count). The zero-order chi connectivity index (χ0) is 13.5. The fourth-order valence-corrected chi connectivity index (χ4v) is 3.93. The predicted molar refractivity (Wildman–Crippen MR) is 65.8 cm³/mol. The molecule has 0 radical (unpaired) electrons. The molecule has 0 saturated carbocycles. The number of nitrogen functional groups attached to an aromatic ring is 1. The summed E-state index contributed by atoms with van der Waals surface area (Å²) in [5.74, 6) is -0.593. The number of halogens is 2. The highest BCUT2D eigenvalue weighted by atomic mass is 35.5. The number of nitrogens with two attached hydrogens (primary N) is 1. The number of benzene rings is 1. The van der Waals surface area contributed by atoms with Gasteiger partial charge >= 0.3 is 0 Å². The monoisotopic (exact) mass is 294 g/mol. The Morgan fingerprint density at radius 2 is 2.17 bits per heavy atom. The van der Waals surface area contributed by atoms with Crippen molar-refractivity contribution in [3.8, 4) is 5.75 Å². The Balaban J connectivity index is 2.51. The number of hydrogen-bond donors (Lipinski definition) is 2. The van der Waals surface area contributed by atoms with Crippen LogP contribution in [-0.2, 0) is 10.0 Å². The quantitative estimate of drug-likeness (QED) is 0.637. The number of phenols is 1. The Morgan fingerprint density at radius 3 is 2.72 bits per heavy atom. The van der Waals surface area contributed by atoms with E-state index in [2.05, 4.69) is 0 Å². The van der Waals surface area contributed by atoms with Gasteiger partial charge in [-0.05, 0) is 18.6 Å². The van der Waals surface area contributed by atoms with Crippen LogP contribution in [-0.4, -0.2) is 37.1 Å². The molecule has 0 amide bonds. The van der Waals surface area contributed by atoms with E-state index >= 15 is 0 Å². The van der Waals surface area contributed by atoms with E-state index < -0.39 is 26.8 Å². The van der Waals surface area contributed by atoms with Crippen LogP contribution in [0, 0.1) is 0 Å². The Labute approximate surface area is 109 Å². The van der Waals surface area contributed by atoms with Crippen LogP contribution in [0.5, 0.6) is 5.75 Å². The Hall–Kier alpha value is -1.05.